The molecule has 166 valence electrons. The first kappa shape index (κ1) is 21.2. The lowest BCUT2D eigenvalue weighted by molar-refractivity contribution is -0.127. The molecule has 0 aliphatic carbocycles. The maximum atomic E-state index is 13.5. The van der Waals surface area contributed by atoms with Gasteiger partial charge in [0, 0.05) is 25.8 Å². The minimum atomic E-state index is -4.03. The number of sulfonamides is 1. The fraction of sp³-hybridized carbons (Fsp3) is 0.429. The Kier molecular flexibility index (Phi) is 5.90. The van der Waals surface area contributed by atoms with Crippen molar-refractivity contribution >= 4 is 27.5 Å². The summed E-state index contributed by atoms with van der Waals surface area (Å²) >= 11 is 0. The number of H-pyrrole nitrogens is 1. The zero-order valence-electron chi connectivity index (χ0n) is 17.3. The highest BCUT2D eigenvalue weighted by atomic mass is 32.2. The maximum absolute atomic E-state index is 13.5. The van der Waals surface area contributed by atoms with Crippen LogP contribution >= 0.6 is 0 Å². The van der Waals surface area contributed by atoms with Crippen LogP contribution in [0.2, 0.25) is 0 Å². The van der Waals surface area contributed by atoms with Gasteiger partial charge in [0.25, 0.3) is 21.8 Å². The topological polar surface area (TPSA) is 112 Å². The summed E-state index contributed by atoms with van der Waals surface area (Å²) < 4.78 is 33.9. The van der Waals surface area contributed by atoms with Crippen molar-refractivity contribution in [3.8, 4) is 5.75 Å². The molecule has 2 aliphatic rings. The molecular formula is C21H26N4O5S. The second-order valence-corrected chi connectivity index (χ2v) is 9.51. The molecule has 0 saturated carbocycles. The third kappa shape index (κ3) is 4.12. The number of aromatic nitrogens is 1. The molecule has 0 radical (unpaired) electrons. The van der Waals surface area contributed by atoms with Gasteiger partial charge in [-0.15, -0.1) is 0 Å². The maximum Gasteiger partial charge on any atom is 0.270 e. The number of nitrogens with one attached hydrogen (secondary N) is 2. The predicted molar refractivity (Wildman–Crippen MR) is 115 cm³/mol. The Morgan fingerprint density at radius 1 is 1.23 bits per heavy atom. The molecule has 0 bridgehead atoms. The summed E-state index contributed by atoms with van der Waals surface area (Å²) in [6, 6.07) is 8.06. The first-order valence-corrected chi connectivity index (χ1v) is 11.9. The molecule has 2 N–H and O–H groups in total. The second-order valence-electron chi connectivity index (χ2n) is 7.65. The number of likely N-dealkylation sites (tertiary alicyclic amines) is 1. The van der Waals surface area contributed by atoms with E-state index in [0.29, 0.717) is 31.1 Å². The van der Waals surface area contributed by atoms with Crippen molar-refractivity contribution in [2.24, 2.45) is 0 Å². The molecule has 4 rings (SSSR count). The number of para-hydroxylation sites is 2. The first-order chi connectivity index (χ1) is 14.9. The average molecular weight is 447 g/mol. The summed E-state index contributed by atoms with van der Waals surface area (Å²) in [4.78, 5) is 29.6. The molecule has 1 unspecified atom stereocenters. The van der Waals surface area contributed by atoms with Crippen molar-refractivity contribution in [2.75, 3.05) is 30.5 Å². The van der Waals surface area contributed by atoms with Gasteiger partial charge >= 0.3 is 0 Å². The van der Waals surface area contributed by atoms with Crippen molar-refractivity contribution in [1.82, 2.24) is 15.2 Å². The fourth-order valence-electron chi connectivity index (χ4n) is 3.79. The van der Waals surface area contributed by atoms with Crippen LogP contribution in [0.4, 0.5) is 5.69 Å². The van der Waals surface area contributed by atoms with Crippen molar-refractivity contribution in [1.29, 1.82) is 0 Å². The molecule has 31 heavy (non-hydrogen) atoms. The molecule has 1 saturated heterocycles. The standard InChI is InChI=1S/C21H26N4O5S/c1-2-9-22-20(26)19-14-25(17-7-3-4-8-18(17)30-19)31(28,29)15-12-16(23-13-15)21(27)24-10-5-6-11-24/h3-4,7-8,12-13,19,23H,2,5-6,9-11,14H2,1H3,(H,22,26). The van der Waals surface area contributed by atoms with Crippen LogP contribution in [0.3, 0.4) is 0 Å². The van der Waals surface area contributed by atoms with Crippen molar-refractivity contribution in [3.05, 3.63) is 42.2 Å². The van der Waals surface area contributed by atoms with Gasteiger partial charge in [0.15, 0.2) is 6.10 Å². The van der Waals surface area contributed by atoms with E-state index in [2.05, 4.69) is 10.3 Å². The van der Waals surface area contributed by atoms with E-state index in [0.717, 1.165) is 19.3 Å². The van der Waals surface area contributed by atoms with Gasteiger partial charge in [0.2, 0.25) is 0 Å². The minimum absolute atomic E-state index is 0.0283. The molecule has 1 aromatic heterocycles. The van der Waals surface area contributed by atoms with E-state index in [1.54, 1.807) is 29.2 Å². The number of ether oxygens (including phenoxy) is 1. The molecule has 0 spiro atoms. The first-order valence-electron chi connectivity index (χ1n) is 10.5. The molecule has 2 aromatic rings. The van der Waals surface area contributed by atoms with Crippen LogP contribution in [0.25, 0.3) is 0 Å². The Morgan fingerprint density at radius 3 is 2.71 bits per heavy atom. The molecule has 2 aliphatic heterocycles. The molecule has 1 aromatic carbocycles. The van der Waals surface area contributed by atoms with Crippen molar-refractivity contribution in [2.45, 2.75) is 37.2 Å². The lowest BCUT2D eigenvalue weighted by Gasteiger charge is -2.34. The quantitative estimate of drug-likeness (QED) is 0.702. The third-order valence-corrected chi connectivity index (χ3v) is 7.20. The van der Waals surface area contributed by atoms with E-state index < -0.39 is 16.1 Å². The number of carbonyl (C=O) groups is 2. The van der Waals surface area contributed by atoms with Crippen LogP contribution in [0, 0.1) is 0 Å². The van der Waals surface area contributed by atoms with Gasteiger partial charge in [-0.05, 0) is 37.5 Å². The predicted octanol–water partition coefficient (Wildman–Crippen LogP) is 1.73. The number of hydrogen-bond acceptors (Lipinski definition) is 5. The van der Waals surface area contributed by atoms with E-state index >= 15 is 0 Å². The highest BCUT2D eigenvalue weighted by molar-refractivity contribution is 7.92. The summed E-state index contributed by atoms with van der Waals surface area (Å²) in [5.74, 6) is -0.258. The number of aromatic amines is 1. The Hall–Kier alpha value is -3.01. The lowest BCUT2D eigenvalue weighted by atomic mass is 10.2. The highest BCUT2D eigenvalue weighted by Gasteiger charge is 2.38. The minimum Gasteiger partial charge on any atom is -0.476 e. The van der Waals surface area contributed by atoms with Crippen LogP contribution in [-0.2, 0) is 14.8 Å². The van der Waals surface area contributed by atoms with Gasteiger partial charge in [-0.2, -0.15) is 0 Å². The highest BCUT2D eigenvalue weighted by Crippen LogP contribution is 2.37. The second kappa shape index (κ2) is 8.62. The Bertz CT molecular complexity index is 1070. The zero-order valence-corrected chi connectivity index (χ0v) is 18.2. The molecular weight excluding hydrogens is 420 g/mol. The summed E-state index contributed by atoms with van der Waals surface area (Å²) in [6.07, 6.45) is 3.01. The molecule has 3 heterocycles. The normalized spacial score (nSPS) is 18.4. The summed E-state index contributed by atoms with van der Waals surface area (Å²) in [5.41, 5.74) is 0.593. The fourth-order valence-corrected chi connectivity index (χ4v) is 5.26. The number of nitrogens with zero attached hydrogens (tertiary/aromatic N) is 2. The number of fused-ring (bicyclic) bond motifs is 1. The third-order valence-electron chi connectivity index (χ3n) is 5.44. The molecule has 10 heteroatoms. The number of carbonyl (C=O) groups excluding carboxylic acids is 2. The van der Waals surface area contributed by atoms with Gasteiger partial charge in [0.05, 0.1) is 12.2 Å². The SMILES string of the molecule is CCCNC(=O)C1CN(S(=O)(=O)c2c[nH]c(C(=O)N3CCCC3)c2)c2ccccc2O1. The Morgan fingerprint density at radius 2 is 1.97 bits per heavy atom. The number of rotatable bonds is 6. The molecule has 1 atom stereocenters. The van der Waals surface area contributed by atoms with E-state index in [1.165, 1.54) is 16.6 Å². The summed E-state index contributed by atoms with van der Waals surface area (Å²) in [5, 5.41) is 2.75. The summed E-state index contributed by atoms with van der Waals surface area (Å²) in [7, 11) is -4.03. The van der Waals surface area contributed by atoms with E-state index in [9.17, 15) is 18.0 Å². The Balaban J connectivity index is 1.63. The van der Waals surface area contributed by atoms with Crippen LogP contribution < -0.4 is 14.4 Å². The largest absolute Gasteiger partial charge is 0.476 e. The van der Waals surface area contributed by atoms with Crippen molar-refractivity contribution < 1.29 is 22.7 Å². The number of anilines is 1. The van der Waals surface area contributed by atoms with E-state index in [-0.39, 0.29) is 28.9 Å². The van der Waals surface area contributed by atoms with Gasteiger partial charge in [-0.25, -0.2) is 8.42 Å². The van der Waals surface area contributed by atoms with E-state index in [1.807, 2.05) is 6.92 Å². The van der Waals surface area contributed by atoms with Crippen LogP contribution in [-0.4, -0.2) is 62.4 Å². The molecule has 2 amide bonds. The number of amides is 2. The average Bonchev–Trinajstić information content (AvgIpc) is 3.49. The number of hydrogen-bond donors (Lipinski definition) is 2. The van der Waals surface area contributed by atoms with Gasteiger partial charge < -0.3 is 19.9 Å². The monoisotopic (exact) mass is 446 g/mol. The van der Waals surface area contributed by atoms with Gasteiger partial charge in [0.1, 0.15) is 16.3 Å². The number of benzene rings is 1. The smallest absolute Gasteiger partial charge is 0.270 e. The Labute approximate surface area is 181 Å². The van der Waals surface area contributed by atoms with Crippen molar-refractivity contribution in [3.63, 3.8) is 0 Å². The van der Waals surface area contributed by atoms with Crippen LogP contribution in [0.15, 0.2) is 41.4 Å². The summed E-state index contributed by atoms with van der Waals surface area (Å²) in [6.45, 7) is 3.60. The van der Waals surface area contributed by atoms with Crippen LogP contribution in [0.1, 0.15) is 36.7 Å². The lowest BCUT2D eigenvalue weighted by Crippen LogP contribution is -2.50. The zero-order chi connectivity index (χ0) is 22.0. The molecule has 1 fully saturated rings. The van der Waals surface area contributed by atoms with E-state index in [4.69, 9.17) is 4.74 Å². The van der Waals surface area contributed by atoms with Gasteiger partial charge in [-0.1, -0.05) is 19.1 Å². The van der Waals surface area contributed by atoms with Crippen LogP contribution in [0.5, 0.6) is 5.75 Å². The van der Waals surface area contributed by atoms with Gasteiger partial charge in [-0.3, -0.25) is 13.9 Å². The molecule has 9 nitrogen and oxygen atoms in total.